The van der Waals surface area contributed by atoms with Crippen molar-refractivity contribution in [3.05, 3.63) is 34.1 Å². The van der Waals surface area contributed by atoms with E-state index in [0.717, 1.165) is 13.2 Å². The molecule has 0 fully saturated rings. The van der Waals surface area contributed by atoms with Crippen molar-refractivity contribution in [2.75, 3.05) is 7.11 Å². The number of carbonyl (C=O) groups excluding carboxylic acids is 1. The SMILES string of the molecule is COC(=O)Cc1ccc(F)c(C(F)(F)F)c1Cl. The van der Waals surface area contributed by atoms with Crippen molar-refractivity contribution in [3.8, 4) is 0 Å². The van der Waals surface area contributed by atoms with E-state index in [0.29, 0.717) is 6.07 Å². The van der Waals surface area contributed by atoms with E-state index >= 15 is 0 Å². The summed E-state index contributed by atoms with van der Waals surface area (Å²) in [7, 11) is 1.09. The van der Waals surface area contributed by atoms with E-state index in [4.69, 9.17) is 11.6 Å². The molecule has 0 saturated heterocycles. The third-order valence-electron chi connectivity index (χ3n) is 2.02. The van der Waals surface area contributed by atoms with E-state index in [9.17, 15) is 22.4 Å². The van der Waals surface area contributed by atoms with Gasteiger partial charge in [-0.3, -0.25) is 4.79 Å². The van der Waals surface area contributed by atoms with Gasteiger partial charge in [0.15, 0.2) is 0 Å². The number of rotatable bonds is 2. The number of benzene rings is 1. The Balaban J connectivity index is 3.24. The summed E-state index contributed by atoms with van der Waals surface area (Å²) in [6.07, 6.45) is -5.36. The first-order chi connectivity index (χ1) is 7.77. The van der Waals surface area contributed by atoms with Crippen LogP contribution in [0.2, 0.25) is 5.02 Å². The molecule has 0 aliphatic carbocycles. The molecule has 1 rings (SSSR count). The van der Waals surface area contributed by atoms with Crippen LogP contribution in [-0.4, -0.2) is 13.1 Å². The lowest BCUT2D eigenvalue weighted by molar-refractivity contribution is -0.141. The molecule has 1 aromatic rings. The molecule has 17 heavy (non-hydrogen) atoms. The Kier molecular flexibility index (Phi) is 3.98. The molecule has 0 aromatic heterocycles. The van der Waals surface area contributed by atoms with Gasteiger partial charge in [-0.15, -0.1) is 0 Å². The molecule has 0 saturated carbocycles. The molecule has 0 bridgehead atoms. The number of alkyl halides is 3. The lowest BCUT2D eigenvalue weighted by Crippen LogP contribution is -2.12. The average molecular weight is 271 g/mol. The van der Waals surface area contributed by atoms with Crippen LogP contribution in [0.25, 0.3) is 0 Å². The van der Waals surface area contributed by atoms with Crippen LogP contribution in [0.4, 0.5) is 17.6 Å². The first-order valence-electron chi connectivity index (χ1n) is 4.38. The molecule has 7 heteroatoms. The van der Waals surface area contributed by atoms with Crippen LogP contribution in [0.3, 0.4) is 0 Å². The van der Waals surface area contributed by atoms with Gasteiger partial charge in [0.1, 0.15) is 11.4 Å². The van der Waals surface area contributed by atoms with E-state index in [1.165, 1.54) is 0 Å². The third-order valence-corrected chi connectivity index (χ3v) is 2.45. The molecule has 0 heterocycles. The second-order valence-corrected chi connectivity index (χ2v) is 3.52. The zero-order chi connectivity index (χ0) is 13.2. The van der Waals surface area contributed by atoms with Gasteiger partial charge >= 0.3 is 12.1 Å². The van der Waals surface area contributed by atoms with Crippen LogP contribution in [0.5, 0.6) is 0 Å². The van der Waals surface area contributed by atoms with Gasteiger partial charge in [0.05, 0.1) is 18.6 Å². The van der Waals surface area contributed by atoms with Gasteiger partial charge in [-0.1, -0.05) is 17.7 Å². The summed E-state index contributed by atoms with van der Waals surface area (Å²) < 4.78 is 54.7. The Morgan fingerprint density at radius 1 is 1.41 bits per heavy atom. The van der Waals surface area contributed by atoms with E-state index in [1.807, 2.05) is 0 Å². The van der Waals surface area contributed by atoms with Gasteiger partial charge in [0, 0.05) is 0 Å². The largest absolute Gasteiger partial charge is 0.469 e. The lowest BCUT2D eigenvalue weighted by Gasteiger charge is -2.12. The topological polar surface area (TPSA) is 26.3 Å². The number of ether oxygens (including phenoxy) is 1. The van der Waals surface area contributed by atoms with Crippen molar-refractivity contribution >= 4 is 17.6 Å². The van der Waals surface area contributed by atoms with Gasteiger partial charge < -0.3 is 4.74 Å². The first kappa shape index (κ1) is 13.8. The number of hydrogen-bond acceptors (Lipinski definition) is 2. The molecule has 0 aliphatic rings. The van der Waals surface area contributed by atoms with E-state index < -0.39 is 35.0 Å². The molecule has 2 nitrogen and oxygen atoms in total. The maximum absolute atomic E-state index is 13.0. The predicted octanol–water partition coefficient (Wildman–Crippen LogP) is 3.21. The summed E-state index contributed by atoms with van der Waals surface area (Å²) in [5, 5.41) is -0.817. The van der Waals surface area contributed by atoms with E-state index in [-0.39, 0.29) is 5.56 Å². The Bertz CT molecular complexity index is 443. The molecule has 0 spiro atoms. The molecule has 0 aliphatic heterocycles. The highest BCUT2D eigenvalue weighted by Gasteiger charge is 2.37. The second-order valence-electron chi connectivity index (χ2n) is 3.15. The molecular formula is C10H7ClF4O2. The van der Waals surface area contributed by atoms with Crippen LogP contribution in [0.15, 0.2) is 12.1 Å². The highest BCUT2D eigenvalue weighted by Crippen LogP contribution is 2.38. The van der Waals surface area contributed by atoms with Crippen LogP contribution in [-0.2, 0) is 22.1 Å². The number of esters is 1. The van der Waals surface area contributed by atoms with Crippen LogP contribution in [0, 0.1) is 5.82 Å². The van der Waals surface area contributed by atoms with Gasteiger partial charge in [0.25, 0.3) is 0 Å². The summed E-state index contributed by atoms with van der Waals surface area (Å²) in [6.45, 7) is 0. The molecule has 1 aromatic carbocycles. The zero-order valence-electron chi connectivity index (χ0n) is 8.57. The van der Waals surface area contributed by atoms with Crippen molar-refractivity contribution < 1.29 is 27.1 Å². The molecule has 0 radical (unpaired) electrons. The number of methoxy groups -OCH3 is 1. The maximum atomic E-state index is 13.0. The Morgan fingerprint density at radius 3 is 2.47 bits per heavy atom. The van der Waals surface area contributed by atoms with Gasteiger partial charge in [-0.25, -0.2) is 4.39 Å². The molecule has 0 N–H and O–H groups in total. The second kappa shape index (κ2) is 4.91. The Morgan fingerprint density at radius 2 is 2.00 bits per heavy atom. The first-order valence-corrected chi connectivity index (χ1v) is 4.76. The van der Waals surface area contributed by atoms with Gasteiger partial charge in [-0.2, -0.15) is 13.2 Å². The Hall–Kier alpha value is -1.30. The van der Waals surface area contributed by atoms with E-state index in [2.05, 4.69) is 4.74 Å². The zero-order valence-corrected chi connectivity index (χ0v) is 9.32. The number of carbonyl (C=O) groups is 1. The fourth-order valence-electron chi connectivity index (χ4n) is 1.22. The molecule has 0 unspecified atom stereocenters. The smallest absolute Gasteiger partial charge is 0.420 e. The minimum Gasteiger partial charge on any atom is -0.469 e. The van der Waals surface area contributed by atoms with Gasteiger partial charge in [-0.05, 0) is 11.6 Å². The van der Waals surface area contributed by atoms with Crippen molar-refractivity contribution in [3.63, 3.8) is 0 Å². The summed E-state index contributed by atoms with van der Waals surface area (Å²) >= 11 is 5.43. The highest BCUT2D eigenvalue weighted by atomic mass is 35.5. The quantitative estimate of drug-likeness (QED) is 0.609. The summed E-state index contributed by atoms with van der Waals surface area (Å²) in [6, 6.07) is 1.64. The summed E-state index contributed by atoms with van der Waals surface area (Å²) in [4.78, 5) is 10.9. The summed E-state index contributed by atoms with van der Waals surface area (Å²) in [5.41, 5.74) is -1.70. The van der Waals surface area contributed by atoms with Crippen LogP contribution < -0.4 is 0 Å². The summed E-state index contributed by atoms with van der Waals surface area (Å²) in [5.74, 6) is -2.23. The number of halogens is 5. The highest BCUT2D eigenvalue weighted by molar-refractivity contribution is 6.32. The van der Waals surface area contributed by atoms with Crippen molar-refractivity contribution in [1.82, 2.24) is 0 Å². The predicted molar refractivity (Wildman–Crippen MR) is 52.1 cm³/mol. The van der Waals surface area contributed by atoms with Gasteiger partial charge in [0.2, 0.25) is 0 Å². The molecule has 94 valence electrons. The standard InChI is InChI=1S/C10H7ClF4O2/c1-17-7(16)4-5-2-3-6(12)8(9(5)11)10(13,14)15/h2-3H,4H2,1H3. The minimum absolute atomic E-state index is 0.132. The molecular weight excluding hydrogens is 264 g/mol. The fraction of sp³-hybridized carbons (Fsp3) is 0.300. The third kappa shape index (κ3) is 3.09. The lowest BCUT2D eigenvalue weighted by atomic mass is 10.1. The molecule has 0 atom stereocenters. The minimum atomic E-state index is -4.91. The van der Waals surface area contributed by atoms with Crippen LogP contribution in [0.1, 0.15) is 11.1 Å². The van der Waals surface area contributed by atoms with Crippen molar-refractivity contribution in [2.45, 2.75) is 12.6 Å². The maximum Gasteiger partial charge on any atom is 0.420 e. The Labute approximate surface area is 99.1 Å². The van der Waals surface area contributed by atoms with E-state index in [1.54, 1.807) is 0 Å². The average Bonchev–Trinajstić information content (AvgIpc) is 2.20. The van der Waals surface area contributed by atoms with Crippen LogP contribution >= 0.6 is 11.6 Å². The normalized spacial score (nSPS) is 11.4. The number of hydrogen-bond donors (Lipinski definition) is 0. The van der Waals surface area contributed by atoms with Crippen molar-refractivity contribution in [1.29, 1.82) is 0 Å². The molecule has 0 amide bonds. The monoisotopic (exact) mass is 270 g/mol. The fourth-order valence-corrected chi connectivity index (χ4v) is 1.55. The van der Waals surface area contributed by atoms with Crippen molar-refractivity contribution in [2.24, 2.45) is 0 Å².